The Morgan fingerprint density at radius 2 is 1.73 bits per heavy atom. The molecule has 2 aliphatic rings. The molecule has 10 nitrogen and oxygen atoms in total. The van der Waals surface area contributed by atoms with Crippen LogP contribution in [0.4, 0.5) is 11.4 Å². The first-order valence-electron chi connectivity index (χ1n) is 14.0. The van der Waals surface area contributed by atoms with Gasteiger partial charge in [0.2, 0.25) is 15.9 Å². The minimum atomic E-state index is -3.57. The second-order valence-corrected chi connectivity index (χ2v) is 13.2. The van der Waals surface area contributed by atoms with E-state index in [1.165, 1.54) is 7.11 Å². The average Bonchev–Trinajstić information content (AvgIpc) is 3.59. The second-order valence-electron chi connectivity index (χ2n) is 11.4. The molecule has 3 aromatic rings. The van der Waals surface area contributed by atoms with E-state index in [0.717, 1.165) is 73.9 Å². The number of hydrogen-bond acceptors (Lipinski definition) is 6. The molecule has 2 N–H and O–H groups in total. The van der Waals surface area contributed by atoms with E-state index in [1.807, 2.05) is 47.7 Å². The van der Waals surface area contributed by atoms with E-state index in [2.05, 4.69) is 27.9 Å². The lowest BCUT2D eigenvalue weighted by Crippen LogP contribution is -2.48. The Labute approximate surface area is 241 Å². The fourth-order valence-corrected chi connectivity index (χ4v) is 6.25. The van der Waals surface area contributed by atoms with Gasteiger partial charge in [-0.1, -0.05) is 32.0 Å². The first kappa shape index (κ1) is 28.9. The number of anilines is 2. The van der Waals surface area contributed by atoms with Crippen LogP contribution in [0.5, 0.6) is 5.75 Å². The molecule has 0 spiro atoms. The van der Waals surface area contributed by atoms with Gasteiger partial charge in [0.15, 0.2) is 5.75 Å². The Balaban J connectivity index is 1.42. The van der Waals surface area contributed by atoms with Crippen LogP contribution in [0.2, 0.25) is 0 Å². The Morgan fingerprint density at radius 1 is 1.05 bits per heavy atom. The van der Waals surface area contributed by atoms with Crippen LogP contribution in [0.1, 0.15) is 54.7 Å². The van der Waals surface area contributed by atoms with Gasteiger partial charge in [0.1, 0.15) is 5.69 Å². The normalized spacial score (nSPS) is 17.0. The highest BCUT2D eigenvalue weighted by Gasteiger charge is 2.40. The number of piperazine rings is 1. The summed E-state index contributed by atoms with van der Waals surface area (Å²) in [7, 11) is -0.230. The summed E-state index contributed by atoms with van der Waals surface area (Å²) in [4.78, 5) is 30.0. The van der Waals surface area contributed by atoms with Gasteiger partial charge in [-0.25, -0.2) is 8.42 Å². The lowest BCUT2D eigenvalue weighted by molar-refractivity contribution is -0.132. The van der Waals surface area contributed by atoms with Gasteiger partial charge < -0.3 is 19.5 Å². The molecule has 11 heteroatoms. The van der Waals surface area contributed by atoms with Gasteiger partial charge >= 0.3 is 0 Å². The maximum atomic E-state index is 13.7. The monoisotopic (exact) mass is 581 g/mol. The number of nitrogens with zero attached hydrogens (tertiary/aromatic N) is 3. The van der Waals surface area contributed by atoms with Crippen molar-refractivity contribution in [2.24, 2.45) is 7.05 Å². The third-order valence-electron chi connectivity index (χ3n) is 8.33. The van der Waals surface area contributed by atoms with Gasteiger partial charge in [0.05, 0.1) is 30.3 Å². The number of aryl methyl sites for hydroxylation is 1. The number of methoxy groups -OCH3 is 1. The predicted molar refractivity (Wildman–Crippen MR) is 161 cm³/mol. The summed E-state index contributed by atoms with van der Waals surface area (Å²) in [6.45, 7) is 7.79. The maximum Gasteiger partial charge on any atom is 0.272 e. The summed E-state index contributed by atoms with van der Waals surface area (Å²) >= 11 is 0. The molecule has 1 aliphatic carbocycles. The van der Waals surface area contributed by atoms with Gasteiger partial charge in [0.25, 0.3) is 5.91 Å². The molecular weight excluding hydrogens is 542 g/mol. The number of benzene rings is 2. The first-order valence-corrected chi connectivity index (χ1v) is 15.9. The van der Waals surface area contributed by atoms with Crippen molar-refractivity contribution in [3.8, 4) is 5.75 Å². The number of amides is 2. The number of nitrogens with one attached hydrogen (secondary N) is 2. The minimum Gasteiger partial charge on any atom is -0.492 e. The number of carbonyl (C=O) groups excluding carboxylic acids is 2. The molecule has 1 saturated heterocycles. The first-order chi connectivity index (χ1) is 19.4. The molecule has 2 heterocycles. The predicted octanol–water partition coefficient (Wildman–Crippen LogP) is 3.92. The molecule has 5 rings (SSSR count). The summed E-state index contributed by atoms with van der Waals surface area (Å²) in [5.74, 6) is 0.137. The zero-order valence-corrected chi connectivity index (χ0v) is 25.2. The largest absolute Gasteiger partial charge is 0.492 e. The standard InChI is InChI=1S/C30H39N5O5S/c1-6-26(36)35-14-12-34(13-15-35)19-21-9-7-8-20-16-25(33(3)27(20)21)29(37)31-23-17-22(30(2)10-11-30)18-24(28(23)40-4)32-41(5,38)39/h7-9,16-18,32H,6,10-15,19H2,1-5H3,(H,31,37). The molecular formula is C30H39N5O5S. The van der Waals surface area contributed by atoms with E-state index < -0.39 is 10.0 Å². The number of rotatable bonds is 9. The van der Waals surface area contributed by atoms with E-state index in [-0.39, 0.29) is 23.0 Å². The van der Waals surface area contributed by atoms with E-state index in [1.54, 1.807) is 6.07 Å². The Morgan fingerprint density at radius 3 is 2.34 bits per heavy atom. The number of para-hydroxylation sites is 1. The summed E-state index contributed by atoms with van der Waals surface area (Å²) in [6, 6.07) is 11.6. The van der Waals surface area contributed by atoms with E-state index >= 15 is 0 Å². The second kappa shape index (κ2) is 11.0. The quantitative estimate of drug-likeness (QED) is 0.396. The fraction of sp³-hybridized carbons (Fsp3) is 0.467. The summed E-state index contributed by atoms with van der Waals surface area (Å²) in [5, 5.41) is 3.96. The molecule has 1 aliphatic heterocycles. The number of aromatic nitrogens is 1. The van der Waals surface area contributed by atoms with Gasteiger partial charge in [-0.3, -0.25) is 19.2 Å². The Bertz CT molecular complexity index is 1600. The van der Waals surface area contributed by atoms with Crippen LogP contribution < -0.4 is 14.8 Å². The molecule has 2 aromatic carbocycles. The summed E-state index contributed by atoms with van der Waals surface area (Å²) in [5.41, 5.74) is 4.17. The zero-order chi connectivity index (χ0) is 29.5. The zero-order valence-electron chi connectivity index (χ0n) is 24.4. The van der Waals surface area contributed by atoms with Gasteiger partial charge in [-0.05, 0) is 47.6 Å². The Kier molecular flexibility index (Phi) is 7.78. The van der Waals surface area contributed by atoms with Crippen LogP contribution in [-0.2, 0) is 33.8 Å². The maximum absolute atomic E-state index is 13.7. The van der Waals surface area contributed by atoms with Crippen molar-refractivity contribution in [3.63, 3.8) is 0 Å². The fourth-order valence-electron chi connectivity index (χ4n) is 5.69. The van der Waals surface area contributed by atoms with Crippen LogP contribution in [0, 0.1) is 0 Å². The lowest BCUT2D eigenvalue weighted by Gasteiger charge is -2.34. The minimum absolute atomic E-state index is 0.0659. The number of fused-ring (bicyclic) bond motifs is 1. The van der Waals surface area contributed by atoms with Crippen LogP contribution >= 0.6 is 0 Å². The van der Waals surface area contributed by atoms with Crippen molar-refractivity contribution >= 4 is 44.1 Å². The van der Waals surface area contributed by atoms with E-state index in [4.69, 9.17) is 4.74 Å². The average molecular weight is 582 g/mol. The third kappa shape index (κ3) is 6.06. The molecule has 2 amide bonds. The van der Waals surface area contributed by atoms with Gasteiger partial charge in [-0.15, -0.1) is 0 Å². The van der Waals surface area contributed by atoms with Crippen LogP contribution in [0.3, 0.4) is 0 Å². The van der Waals surface area contributed by atoms with E-state index in [9.17, 15) is 18.0 Å². The molecule has 0 bridgehead atoms. The van der Waals surface area contributed by atoms with Gasteiger partial charge in [-0.2, -0.15) is 0 Å². The van der Waals surface area contributed by atoms with Crippen LogP contribution in [-0.4, -0.2) is 74.1 Å². The van der Waals surface area contributed by atoms with E-state index in [0.29, 0.717) is 23.5 Å². The summed E-state index contributed by atoms with van der Waals surface area (Å²) < 4.78 is 34.3. The van der Waals surface area contributed by atoms with Crippen molar-refractivity contribution in [3.05, 3.63) is 53.2 Å². The van der Waals surface area contributed by atoms with Crippen molar-refractivity contribution < 1.29 is 22.7 Å². The molecule has 1 aromatic heterocycles. The molecule has 0 radical (unpaired) electrons. The highest BCUT2D eigenvalue weighted by Crippen LogP contribution is 2.50. The number of sulfonamides is 1. The Hall–Kier alpha value is -3.57. The molecule has 220 valence electrons. The number of ether oxygens (including phenoxy) is 1. The molecule has 0 atom stereocenters. The smallest absolute Gasteiger partial charge is 0.272 e. The molecule has 0 unspecified atom stereocenters. The van der Waals surface area contributed by atoms with Crippen LogP contribution in [0.15, 0.2) is 36.4 Å². The van der Waals surface area contributed by atoms with Gasteiger partial charge in [0, 0.05) is 51.6 Å². The van der Waals surface area contributed by atoms with Crippen molar-refractivity contribution in [1.29, 1.82) is 0 Å². The summed E-state index contributed by atoms with van der Waals surface area (Å²) in [6.07, 6.45) is 3.59. The molecule has 2 fully saturated rings. The lowest BCUT2D eigenvalue weighted by atomic mass is 9.96. The topological polar surface area (TPSA) is 113 Å². The number of carbonyl (C=O) groups is 2. The highest BCUT2D eigenvalue weighted by molar-refractivity contribution is 7.92. The highest BCUT2D eigenvalue weighted by atomic mass is 32.2. The third-order valence-corrected chi connectivity index (χ3v) is 8.92. The van der Waals surface area contributed by atoms with Crippen molar-refractivity contribution in [2.75, 3.05) is 49.6 Å². The van der Waals surface area contributed by atoms with Crippen LogP contribution in [0.25, 0.3) is 10.9 Å². The van der Waals surface area contributed by atoms with Crippen molar-refractivity contribution in [1.82, 2.24) is 14.4 Å². The molecule has 41 heavy (non-hydrogen) atoms. The number of hydrogen-bond donors (Lipinski definition) is 2. The van der Waals surface area contributed by atoms with Crippen molar-refractivity contribution in [2.45, 2.75) is 45.1 Å². The SMILES string of the molecule is CCC(=O)N1CCN(Cc2cccc3cc(C(=O)Nc4cc(C5(C)CC5)cc(NS(C)(=O)=O)c4OC)n(C)c23)CC1. The molecule has 1 saturated carbocycles.